The molecule has 2 heterocycles. The molecule has 7 nitrogen and oxygen atoms in total. The van der Waals surface area contributed by atoms with E-state index in [2.05, 4.69) is 20.6 Å². The number of amides is 1. The SMILES string of the molecule is COc1ccc(-n2ncc(C(=O)NCc3ccc(C)c(F)c3)c2C(F)(F)F)nn1. The number of halogens is 4. The molecule has 0 atom stereocenters. The van der Waals surface area contributed by atoms with Gasteiger partial charge >= 0.3 is 6.18 Å². The fraction of sp³-hybridized carbons (Fsp3) is 0.222. The van der Waals surface area contributed by atoms with Crippen LogP contribution in [0.3, 0.4) is 0 Å². The number of aryl methyl sites for hydroxylation is 1. The zero-order valence-corrected chi connectivity index (χ0v) is 15.3. The van der Waals surface area contributed by atoms with E-state index in [9.17, 15) is 22.4 Å². The van der Waals surface area contributed by atoms with Crippen molar-refractivity contribution >= 4 is 5.91 Å². The summed E-state index contributed by atoms with van der Waals surface area (Å²) in [6.45, 7) is 1.42. The molecule has 0 radical (unpaired) electrons. The summed E-state index contributed by atoms with van der Waals surface area (Å²) in [5.41, 5.74) is -1.17. The van der Waals surface area contributed by atoms with E-state index in [1.165, 1.54) is 31.4 Å². The fourth-order valence-corrected chi connectivity index (χ4v) is 2.52. The topological polar surface area (TPSA) is 81.9 Å². The molecule has 1 aromatic carbocycles. The normalized spacial score (nSPS) is 11.4. The average Bonchev–Trinajstić information content (AvgIpc) is 3.14. The molecular weight excluding hydrogens is 394 g/mol. The van der Waals surface area contributed by atoms with Gasteiger partial charge in [0.15, 0.2) is 11.5 Å². The molecule has 29 heavy (non-hydrogen) atoms. The van der Waals surface area contributed by atoms with Crippen LogP contribution in [0.25, 0.3) is 5.82 Å². The average molecular weight is 409 g/mol. The number of carbonyl (C=O) groups excluding carboxylic acids is 1. The summed E-state index contributed by atoms with van der Waals surface area (Å²) in [7, 11) is 1.33. The van der Waals surface area contributed by atoms with Crippen LogP contribution in [0, 0.1) is 12.7 Å². The van der Waals surface area contributed by atoms with Crippen LogP contribution in [-0.2, 0) is 12.7 Å². The number of aromatic nitrogens is 4. The number of alkyl halides is 3. The van der Waals surface area contributed by atoms with Gasteiger partial charge in [-0.15, -0.1) is 10.2 Å². The van der Waals surface area contributed by atoms with Crippen molar-refractivity contribution in [3.05, 3.63) is 64.7 Å². The minimum atomic E-state index is -4.89. The molecule has 0 aliphatic rings. The summed E-state index contributed by atoms with van der Waals surface area (Å²) in [4.78, 5) is 12.4. The van der Waals surface area contributed by atoms with Gasteiger partial charge in [0, 0.05) is 12.6 Å². The number of methoxy groups -OCH3 is 1. The molecule has 0 saturated carbocycles. The summed E-state index contributed by atoms with van der Waals surface area (Å²) in [6.07, 6.45) is -4.10. The van der Waals surface area contributed by atoms with Crippen LogP contribution in [0.15, 0.2) is 36.5 Å². The second kappa shape index (κ2) is 7.86. The number of benzene rings is 1. The third-order valence-corrected chi connectivity index (χ3v) is 4.02. The molecule has 3 rings (SSSR count). The summed E-state index contributed by atoms with van der Waals surface area (Å²) in [5, 5.41) is 13.2. The number of rotatable bonds is 5. The van der Waals surface area contributed by atoms with E-state index in [0.29, 0.717) is 15.8 Å². The van der Waals surface area contributed by atoms with E-state index in [0.717, 1.165) is 6.20 Å². The van der Waals surface area contributed by atoms with Gasteiger partial charge in [-0.25, -0.2) is 9.07 Å². The molecule has 0 aliphatic carbocycles. The van der Waals surface area contributed by atoms with Crippen LogP contribution in [0.1, 0.15) is 27.2 Å². The lowest BCUT2D eigenvalue weighted by Gasteiger charge is -2.12. The Bertz CT molecular complexity index is 1030. The first kappa shape index (κ1) is 20.2. The number of hydrogen-bond donors (Lipinski definition) is 1. The number of ether oxygens (including phenoxy) is 1. The third-order valence-electron chi connectivity index (χ3n) is 4.02. The molecule has 2 aromatic heterocycles. The van der Waals surface area contributed by atoms with E-state index >= 15 is 0 Å². The lowest BCUT2D eigenvalue weighted by molar-refractivity contribution is -0.143. The monoisotopic (exact) mass is 409 g/mol. The van der Waals surface area contributed by atoms with Crippen LogP contribution >= 0.6 is 0 Å². The number of nitrogens with one attached hydrogen (secondary N) is 1. The van der Waals surface area contributed by atoms with Crippen molar-refractivity contribution in [3.8, 4) is 11.7 Å². The molecule has 0 aliphatic heterocycles. The third kappa shape index (κ3) is 4.33. The Hall–Kier alpha value is -3.50. The molecule has 11 heteroatoms. The van der Waals surface area contributed by atoms with Crippen molar-refractivity contribution < 1.29 is 27.1 Å². The molecule has 0 spiro atoms. The maximum Gasteiger partial charge on any atom is 0.434 e. The van der Waals surface area contributed by atoms with Gasteiger partial charge in [0.05, 0.1) is 18.9 Å². The lowest BCUT2D eigenvalue weighted by Crippen LogP contribution is -2.26. The maximum absolute atomic E-state index is 13.6. The first-order chi connectivity index (χ1) is 13.7. The Balaban J connectivity index is 1.89. The van der Waals surface area contributed by atoms with Crippen molar-refractivity contribution in [2.75, 3.05) is 7.11 Å². The van der Waals surface area contributed by atoms with E-state index in [1.807, 2.05) is 0 Å². The standard InChI is InChI=1S/C18H15F4N5O2/c1-10-3-4-11(7-13(10)19)8-23-17(28)12-9-24-27(16(12)18(20,21)22)14-5-6-15(29-2)26-25-14/h3-7,9H,8H2,1-2H3,(H,23,28). The van der Waals surface area contributed by atoms with E-state index in [4.69, 9.17) is 4.74 Å². The second-order valence-electron chi connectivity index (χ2n) is 6.02. The Morgan fingerprint density at radius 3 is 2.55 bits per heavy atom. The minimum absolute atomic E-state index is 0.109. The number of hydrogen-bond acceptors (Lipinski definition) is 5. The van der Waals surface area contributed by atoms with Crippen LogP contribution in [0.2, 0.25) is 0 Å². The molecule has 0 bridgehead atoms. The quantitative estimate of drug-likeness (QED) is 0.655. The van der Waals surface area contributed by atoms with E-state index in [1.54, 1.807) is 13.0 Å². The highest BCUT2D eigenvalue weighted by atomic mass is 19.4. The van der Waals surface area contributed by atoms with Crippen molar-refractivity contribution in [1.82, 2.24) is 25.3 Å². The zero-order valence-electron chi connectivity index (χ0n) is 15.3. The summed E-state index contributed by atoms with van der Waals surface area (Å²) in [5.74, 6) is -1.61. The van der Waals surface area contributed by atoms with Crippen LogP contribution in [-0.4, -0.2) is 33.0 Å². The van der Waals surface area contributed by atoms with Crippen molar-refractivity contribution in [2.24, 2.45) is 0 Å². The zero-order chi connectivity index (χ0) is 21.2. The van der Waals surface area contributed by atoms with Crippen molar-refractivity contribution in [3.63, 3.8) is 0 Å². The fourth-order valence-electron chi connectivity index (χ4n) is 2.52. The van der Waals surface area contributed by atoms with Crippen molar-refractivity contribution in [2.45, 2.75) is 19.6 Å². The number of carbonyl (C=O) groups is 1. The molecule has 3 aromatic rings. The predicted molar refractivity (Wildman–Crippen MR) is 93.0 cm³/mol. The Labute approximate surface area is 162 Å². The van der Waals surface area contributed by atoms with Gasteiger partial charge in [0.25, 0.3) is 5.91 Å². The highest BCUT2D eigenvalue weighted by Crippen LogP contribution is 2.33. The Morgan fingerprint density at radius 2 is 1.97 bits per heavy atom. The van der Waals surface area contributed by atoms with Crippen LogP contribution < -0.4 is 10.1 Å². The molecule has 1 N–H and O–H groups in total. The van der Waals surface area contributed by atoms with Gasteiger partial charge < -0.3 is 10.1 Å². The molecule has 1 amide bonds. The van der Waals surface area contributed by atoms with Crippen molar-refractivity contribution in [1.29, 1.82) is 0 Å². The second-order valence-corrected chi connectivity index (χ2v) is 6.02. The lowest BCUT2D eigenvalue weighted by atomic mass is 10.1. The highest BCUT2D eigenvalue weighted by molar-refractivity contribution is 5.95. The number of nitrogens with zero attached hydrogens (tertiary/aromatic N) is 4. The van der Waals surface area contributed by atoms with Gasteiger partial charge in [-0.05, 0) is 30.2 Å². The maximum atomic E-state index is 13.6. The smallest absolute Gasteiger partial charge is 0.434 e. The Kier molecular flexibility index (Phi) is 5.48. The van der Waals surface area contributed by atoms with E-state index < -0.39 is 29.2 Å². The predicted octanol–water partition coefficient (Wildman–Crippen LogP) is 3.07. The summed E-state index contributed by atoms with van der Waals surface area (Å²) in [6, 6.07) is 6.83. The van der Waals surface area contributed by atoms with Gasteiger partial charge in [-0.1, -0.05) is 12.1 Å². The summed E-state index contributed by atoms with van der Waals surface area (Å²) < 4.78 is 59.8. The first-order valence-corrected chi connectivity index (χ1v) is 8.27. The summed E-state index contributed by atoms with van der Waals surface area (Å²) >= 11 is 0. The Morgan fingerprint density at radius 1 is 1.21 bits per heavy atom. The largest absolute Gasteiger partial charge is 0.480 e. The highest BCUT2D eigenvalue weighted by Gasteiger charge is 2.41. The van der Waals surface area contributed by atoms with E-state index in [-0.39, 0.29) is 18.2 Å². The van der Waals surface area contributed by atoms with Crippen LogP contribution in [0.5, 0.6) is 5.88 Å². The molecule has 0 saturated heterocycles. The molecule has 152 valence electrons. The molecule has 0 fully saturated rings. The minimum Gasteiger partial charge on any atom is -0.480 e. The van der Waals surface area contributed by atoms with Gasteiger partial charge in [0.2, 0.25) is 5.88 Å². The van der Waals surface area contributed by atoms with Gasteiger partial charge in [-0.3, -0.25) is 4.79 Å². The molecular formula is C18H15F4N5O2. The van der Waals surface area contributed by atoms with Gasteiger partial charge in [-0.2, -0.15) is 18.3 Å². The van der Waals surface area contributed by atoms with Crippen LogP contribution in [0.4, 0.5) is 17.6 Å². The first-order valence-electron chi connectivity index (χ1n) is 8.27. The van der Waals surface area contributed by atoms with Gasteiger partial charge in [0.1, 0.15) is 5.82 Å². The molecule has 0 unspecified atom stereocenters.